The predicted molar refractivity (Wildman–Crippen MR) is 106 cm³/mol. The van der Waals surface area contributed by atoms with Crippen molar-refractivity contribution in [2.75, 3.05) is 46.6 Å². The molecule has 0 bridgehead atoms. The molecule has 0 radical (unpaired) electrons. The molecule has 1 aliphatic heterocycles. The van der Waals surface area contributed by atoms with Crippen molar-refractivity contribution < 1.29 is 32.2 Å². The first kappa shape index (κ1) is 22.8. The van der Waals surface area contributed by atoms with E-state index in [1.54, 1.807) is 7.11 Å². The van der Waals surface area contributed by atoms with Crippen molar-refractivity contribution in [3.8, 4) is 11.6 Å². The Morgan fingerprint density at radius 2 is 1.90 bits per heavy atom. The minimum atomic E-state index is -4.45. The van der Waals surface area contributed by atoms with Crippen LogP contribution in [0.15, 0.2) is 42.6 Å². The smallest absolute Gasteiger partial charge is 0.422 e. The third kappa shape index (κ3) is 6.83. The molecule has 10 heteroatoms. The van der Waals surface area contributed by atoms with Crippen molar-refractivity contribution >= 4 is 5.91 Å². The van der Waals surface area contributed by atoms with Crippen LogP contribution in [0.1, 0.15) is 22.0 Å². The summed E-state index contributed by atoms with van der Waals surface area (Å²) in [4.78, 5) is 18.6. The number of nitrogens with one attached hydrogen (secondary N) is 1. The normalized spacial score (nSPS) is 15.9. The van der Waals surface area contributed by atoms with Crippen LogP contribution in [-0.4, -0.2) is 68.5 Å². The maximum Gasteiger partial charge on any atom is 0.422 e. The minimum Gasteiger partial charge on any atom is -0.497 e. The number of morpholine rings is 1. The van der Waals surface area contributed by atoms with Crippen molar-refractivity contribution in [2.24, 2.45) is 0 Å². The standard InChI is InChI=1S/C21H24F3N3O4/c1-29-17-5-2-15(3-6-17)18(27-8-10-30-11-9-27)13-26-20(28)16-4-7-19(25-12-16)31-14-21(22,23)24/h2-7,12,18H,8-11,13-14H2,1H3,(H,26,28)/t18-/m1/s1. The van der Waals surface area contributed by atoms with E-state index in [0.29, 0.717) is 19.8 Å². The fourth-order valence-electron chi connectivity index (χ4n) is 3.22. The van der Waals surface area contributed by atoms with Crippen molar-refractivity contribution in [1.82, 2.24) is 15.2 Å². The Morgan fingerprint density at radius 3 is 2.48 bits per heavy atom. The Bertz CT molecular complexity index is 838. The van der Waals surface area contributed by atoms with Gasteiger partial charge in [0.1, 0.15) is 5.75 Å². The molecule has 7 nitrogen and oxygen atoms in total. The van der Waals surface area contributed by atoms with Crippen LogP contribution in [0.25, 0.3) is 0 Å². The fraction of sp³-hybridized carbons (Fsp3) is 0.429. The van der Waals surface area contributed by atoms with Gasteiger partial charge in [-0.2, -0.15) is 13.2 Å². The number of amides is 1. The van der Waals surface area contributed by atoms with Gasteiger partial charge in [0.05, 0.1) is 31.9 Å². The molecular weight excluding hydrogens is 415 g/mol. The van der Waals surface area contributed by atoms with Gasteiger partial charge in [-0.05, 0) is 23.8 Å². The van der Waals surface area contributed by atoms with Crippen molar-refractivity contribution in [3.63, 3.8) is 0 Å². The lowest BCUT2D eigenvalue weighted by Crippen LogP contribution is -2.43. The highest BCUT2D eigenvalue weighted by molar-refractivity contribution is 5.93. The number of aromatic nitrogens is 1. The van der Waals surface area contributed by atoms with Crippen LogP contribution in [0.3, 0.4) is 0 Å². The van der Waals surface area contributed by atoms with Gasteiger partial charge >= 0.3 is 6.18 Å². The van der Waals surface area contributed by atoms with E-state index in [0.717, 1.165) is 24.4 Å². The summed E-state index contributed by atoms with van der Waals surface area (Å²) in [5.41, 5.74) is 1.26. The first-order valence-corrected chi connectivity index (χ1v) is 9.75. The molecule has 2 heterocycles. The quantitative estimate of drug-likeness (QED) is 0.682. The van der Waals surface area contributed by atoms with Crippen molar-refractivity contribution in [3.05, 3.63) is 53.7 Å². The number of hydrogen-bond donors (Lipinski definition) is 1. The highest BCUT2D eigenvalue weighted by Gasteiger charge is 2.28. The topological polar surface area (TPSA) is 72.9 Å². The van der Waals surface area contributed by atoms with Gasteiger partial charge in [-0.25, -0.2) is 4.98 Å². The van der Waals surface area contributed by atoms with Gasteiger partial charge in [0.2, 0.25) is 5.88 Å². The van der Waals surface area contributed by atoms with Crippen LogP contribution in [0, 0.1) is 0 Å². The molecule has 1 saturated heterocycles. The first-order chi connectivity index (χ1) is 14.9. The molecule has 0 aliphatic carbocycles. The van der Waals surface area contributed by atoms with E-state index in [4.69, 9.17) is 9.47 Å². The fourth-order valence-corrected chi connectivity index (χ4v) is 3.22. The van der Waals surface area contributed by atoms with Crippen LogP contribution in [-0.2, 0) is 4.74 Å². The van der Waals surface area contributed by atoms with Crippen LogP contribution >= 0.6 is 0 Å². The summed E-state index contributed by atoms with van der Waals surface area (Å²) < 4.78 is 51.9. The van der Waals surface area contributed by atoms with Gasteiger partial charge < -0.3 is 19.5 Å². The number of alkyl halides is 3. The predicted octanol–water partition coefficient (Wildman–Crippen LogP) is 2.83. The number of rotatable bonds is 8. The molecule has 1 fully saturated rings. The van der Waals surface area contributed by atoms with Crippen molar-refractivity contribution in [1.29, 1.82) is 0 Å². The van der Waals surface area contributed by atoms with Gasteiger partial charge in [0, 0.05) is 31.9 Å². The summed E-state index contributed by atoms with van der Waals surface area (Å²) in [6.07, 6.45) is -3.26. The molecule has 0 saturated carbocycles. The van der Waals surface area contributed by atoms with Gasteiger partial charge in [-0.1, -0.05) is 12.1 Å². The molecular formula is C21H24F3N3O4. The number of carbonyl (C=O) groups excluding carboxylic acids is 1. The number of carbonyl (C=O) groups is 1. The molecule has 0 spiro atoms. The Hall–Kier alpha value is -2.85. The number of ether oxygens (including phenoxy) is 3. The van der Waals surface area contributed by atoms with Gasteiger partial charge in [-0.15, -0.1) is 0 Å². The summed E-state index contributed by atoms with van der Waals surface area (Å²) in [6.45, 7) is 1.61. The Kier molecular flexibility index (Phi) is 7.69. The monoisotopic (exact) mass is 439 g/mol. The van der Waals surface area contributed by atoms with E-state index in [1.807, 2.05) is 24.3 Å². The average Bonchev–Trinajstić information content (AvgIpc) is 2.78. The largest absolute Gasteiger partial charge is 0.497 e. The molecule has 1 aliphatic rings. The van der Waals surface area contributed by atoms with E-state index < -0.39 is 12.8 Å². The first-order valence-electron chi connectivity index (χ1n) is 9.75. The lowest BCUT2D eigenvalue weighted by Gasteiger charge is -2.35. The van der Waals surface area contributed by atoms with E-state index in [9.17, 15) is 18.0 Å². The van der Waals surface area contributed by atoms with Crippen LogP contribution in [0.5, 0.6) is 11.6 Å². The summed E-state index contributed by atoms with van der Waals surface area (Å²) in [6, 6.07) is 10.2. The minimum absolute atomic E-state index is 0.0684. The van der Waals surface area contributed by atoms with Crippen LogP contribution in [0.2, 0.25) is 0 Å². The summed E-state index contributed by atoms with van der Waals surface area (Å²) in [7, 11) is 1.60. The number of halogens is 3. The second kappa shape index (κ2) is 10.5. The Balaban J connectivity index is 1.63. The second-order valence-electron chi connectivity index (χ2n) is 6.94. The van der Waals surface area contributed by atoms with Crippen molar-refractivity contribution in [2.45, 2.75) is 12.2 Å². The molecule has 168 valence electrons. The number of hydrogen-bond acceptors (Lipinski definition) is 6. The highest BCUT2D eigenvalue weighted by atomic mass is 19.4. The van der Waals surface area contributed by atoms with Gasteiger partial charge in [0.25, 0.3) is 5.91 Å². The molecule has 1 N–H and O–H groups in total. The third-order valence-corrected chi connectivity index (χ3v) is 4.83. The van der Waals surface area contributed by atoms with E-state index in [2.05, 4.69) is 19.9 Å². The third-order valence-electron chi connectivity index (χ3n) is 4.83. The molecule has 0 unspecified atom stereocenters. The zero-order valence-corrected chi connectivity index (χ0v) is 17.0. The molecule has 1 amide bonds. The number of pyridine rings is 1. The molecule has 31 heavy (non-hydrogen) atoms. The Morgan fingerprint density at radius 1 is 1.19 bits per heavy atom. The summed E-state index contributed by atoms with van der Waals surface area (Å²) >= 11 is 0. The maximum absolute atomic E-state index is 12.6. The van der Waals surface area contributed by atoms with E-state index >= 15 is 0 Å². The number of methoxy groups -OCH3 is 1. The average molecular weight is 439 g/mol. The summed E-state index contributed by atoms with van der Waals surface area (Å²) in [5, 5.41) is 2.89. The molecule has 1 aromatic carbocycles. The number of nitrogens with zero attached hydrogens (tertiary/aromatic N) is 2. The number of benzene rings is 1. The lowest BCUT2D eigenvalue weighted by atomic mass is 10.0. The van der Waals surface area contributed by atoms with Gasteiger partial charge in [-0.3, -0.25) is 9.69 Å². The second-order valence-corrected chi connectivity index (χ2v) is 6.94. The molecule has 1 aromatic heterocycles. The SMILES string of the molecule is COc1ccc([C@@H](CNC(=O)c2ccc(OCC(F)(F)F)nc2)N2CCOCC2)cc1. The maximum atomic E-state index is 12.6. The molecule has 3 rings (SSSR count). The zero-order chi connectivity index (χ0) is 22.3. The van der Waals surface area contributed by atoms with E-state index in [1.165, 1.54) is 18.3 Å². The van der Waals surface area contributed by atoms with E-state index in [-0.39, 0.29) is 23.4 Å². The molecule has 2 aromatic rings. The Labute approximate surface area is 178 Å². The molecule has 1 atom stereocenters. The van der Waals surface area contributed by atoms with Gasteiger partial charge in [0.15, 0.2) is 6.61 Å². The van der Waals surface area contributed by atoms with Crippen LogP contribution in [0.4, 0.5) is 13.2 Å². The zero-order valence-electron chi connectivity index (χ0n) is 17.0. The van der Waals surface area contributed by atoms with Crippen LogP contribution < -0.4 is 14.8 Å². The highest BCUT2D eigenvalue weighted by Crippen LogP contribution is 2.24. The lowest BCUT2D eigenvalue weighted by molar-refractivity contribution is -0.154. The summed E-state index contributed by atoms with van der Waals surface area (Å²) in [5.74, 6) is 0.173.